The highest BCUT2D eigenvalue weighted by Crippen LogP contribution is 2.16. The molecule has 0 aromatic heterocycles. The molecule has 0 unspecified atom stereocenters. The van der Waals surface area contributed by atoms with Gasteiger partial charge in [0.15, 0.2) is 5.78 Å². The quantitative estimate of drug-likeness (QED) is 0.705. The standard InChI is InChI=1S/C13H17NO6S/c1-10(15)11-3-5-12(6-4-11)21(18,19)14(7-8-20-2)9-13(16)17/h3-6H,7-9H2,1-2H3,(H,16,17). The molecule has 1 aromatic carbocycles. The molecule has 0 spiro atoms. The zero-order chi connectivity index (χ0) is 16.0. The lowest BCUT2D eigenvalue weighted by Crippen LogP contribution is -2.37. The Morgan fingerprint density at radius 1 is 1.24 bits per heavy atom. The number of benzene rings is 1. The van der Waals surface area contributed by atoms with Crippen molar-refractivity contribution in [1.29, 1.82) is 0 Å². The molecule has 1 rings (SSSR count). The number of methoxy groups -OCH3 is 1. The van der Waals surface area contributed by atoms with Gasteiger partial charge in [-0.2, -0.15) is 4.31 Å². The van der Waals surface area contributed by atoms with Crippen LogP contribution >= 0.6 is 0 Å². The predicted molar refractivity (Wildman–Crippen MR) is 74.7 cm³/mol. The van der Waals surface area contributed by atoms with E-state index in [1.807, 2.05) is 0 Å². The van der Waals surface area contributed by atoms with Crippen LogP contribution in [-0.2, 0) is 19.6 Å². The molecule has 0 fully saturated rings. The Bertz CT molecular complexity index is 608. The molecule has 0 amide bonds. The molecular formula is C13H17NO6S. The predicted octanol–water partition coefficient (Wildman–Crippen LogP) is 0.611. The molecule has 1 aromatic rings. The van der Waals surface area contributed by atoms with E-state index in [9.17, 15) is 18.0 Å². The summed E-state index contributed by atoms with van der Waals surface area (Å²) in [5, 5.41) is 8.82. The maximum atomic E-state index is 12.4. The highest BCUT2D eigenvalue weighted by Gasteiger charge is 2.26. The van der Waals surface area contributed by atoms with Gasteiger partial charge in [0, 0.05) is 19.2 Å². The molecule has 21 heavy (non-hydrogen) atoms. The van der Waals surface area contributed by atoms with Crippen molar-refractivity contribution in [2.45, 2.75) is 11.8 Å². The molecule has 7 nitrogen and oxygen atoms in total. The molecule has 0 saturated heterocycles. The second kappa shape index (κ2) is 7.30. The van der Waals surface area contributed by atoms with Crippen LogP contribution in [0.2, 0.25) is 0 Å². The lowest BCUT2D eigenvalue weighted by molar-refractivity contribution is -0.137. The van der Waals surface area contributed by atoms with Crippen molar-refractivity contribution in [2.75, 3.05) is 26.8 Å². The molecule has 0 radical (unpaired) electrons. The van der Waals surface area contributed by atoms with Crippen molar-refractivity contribution < 1.29 is 27.9 Å². The maximum absolute atomic E-state index is 12.4. The van der Waals surface area contributed by atoms with Crippen LogP contribution in [0.15, 0.2) is 29.2 Å². The maximum Gasteiger partial charge on any atom is 0.318 e. The van der Waals surface area contributed by atoms with Crippen LogP contribution < -0.4 is 0 Å². The van der Waals surface area contributed by atoms with Crippen molar-refractivity contribution >= 4 is 21.8 Å². The van der Waals surface area contributed by atoms with Gasteiger partial charge in [-0.3, -0.25) is 9.59 Å². The van der Waals surface area contributed by atoms with E-state index in [2.05, 4.69) is 0 Å². The molecule has 0 atom stereocenters. The third-order valence-corrected chi connectivity index (χ3v) is 4.61. The van der Waals surface area contributed by atoms with Crippen molar-refractivity contribution in [2.24, 2.45) is 0 Å². The first-order valence-corrected chi connectivity index (χ1v) is 7.55. The Labute approximate surface area is 123 Å². The van der Waals surface area contributed by atoms with Crippen LogP contribution in [0.4, 0.5) is 0 Å². The summed E-state index contributed by atoms with van der Waals surface area (Å²) in [6.07, 6.45) is 0. The minimum Gasteiger partial charge on any atom is -0.480 e. The zero-order valence-electron chi connectivity index (χ0n) is 11.8. The van der Waals surface area contributed by atoms with Gasteiger partial charge >= 0.3 is 5.97 Å². The number of carbonyl (C=O) groups is 2. The van der Waals surface area contributed by atoms with Gasteiger partial charge in [-0.15, -0.1) is 0 Å². The number of ketones is 1. The third kappa shape index (κ3) is 4.62. The van der Waals surface area contributed by atoms with Crippen molar-refractivity contribution in [3.05, 3.63) is 29.8 Å². The van der Waals surface area contributed by atoms with Crippen LogP contribution in [0, 0.1) is 0 Å². The fraction of sp³-hybridized carbons (Fsp3) is 0.385. The lowest BCUT2D eigenvalue weighted by atomic mass is 10.2. The Kier molecular flexibility index (Phi) is 6.01. The number of ether oxygens (including phenoxy) is 1. The molecule has 1 N–H and O–H groups in total. The second-order valence-electron chi connectivity index (χ2n) is 4.31. The van der Waals surface area contributed by atoms with Gasteiger partial charge in [0.1, 0.15) is 6.54 Å². The molecule has 0 aliphatic rings. The van der Waals surface area contributed by atoms with Crippen LogP contribution in [0.3, 0.4) is 0 Å². The summed E-state index contributed by atoms with van der Waals surface area (Å²) in [7, 11) is -2.55. The Hall–Kier alpha value is -1.77. The van der Waals surface area contributed by atoms with Crippen LogP contribution in [-0.4, -0.2) is 56.4 Å². The van der Waals surface area contributed by atoms with Gasteiger partial charge in [0.2, 0.25) is 10.0 Å². The van der Waals surface area contributed by atoms with E-state index in [-0.39, 0.29) is 23.8 Å². The third-order valence-electron chi connectivity index (χ3n) is 2.76. The zero-order valence-corrected chi connectivity index (χ0v) is 12.6. The first kappa shape index (κ1) is 17.3. The number of Topliss-reactive ketones (excluding diaryl/α,β-unsaturated/α-hetero) is 1. The number of rotatable bonds is 8. The normalized spacial score (nSPS) is 11.6. The van der Waals surface area contributed by atoms with E-state index < -0.39 is 22.5 Å². The van der Waals surface area contributed by atoms with Crippen molar-refractivity contribution in [1.82, 2.24) is 4.31 Å². The Morgan fingerprint density at radius 3 is 2.24 bits per heavy atom. The summed E-state index contributed by atoms with van der Waals surface area (Å²) in [6, 6.07) is 5.36. The number of hydrogen-bond donors (Lipinski definition) is 1. The Balaban J connectivity index is 3.08. The van der Waals surface area contributed by atoms with Crippen molar-refractivity contribution in [3.63, 3.8) is 0 Å². The van der Waals surface area contributed by atoms with E-state index in [0.29, 0.717) is 5.56 Å². The van der Waals surface area contributed by atoms with E-state index >= 15 is 0 Å². The minimum atomic E-state index is -3.95. The number of aliphatic carboxylic acids is 1. The van der Waals surface area contributed by atoms with Gasteiger partial charge in [-0.1, -0.05) is 12.1 Å². The molecule has 0 bridgehead atoms. The van der Waals surface area contributed by atoms with E-state index in [1.165, 1.54) is 38.3 Å². The largest absolute Gasteiger partial charge is 0.480 e. The highest BCUT2D eigenvalue weighted by atomic mass is 32.2. The van der Waals surface area contributed by atoms with E-state index in [0.717, 1.165) is 4.31 Å². The first-order valence-electron chi connectivity index (χ1n) is 6.11. The molecule has 0 saturated carbocycles. The van der Waals surface area contributed by atoms with E-state index in [4.69, 9.17) is 9.84 Å². The summed E-state index contributed by atoms with van der Waals surface area (Å²) in [4.78, 5) is 21.9. The minimum absolute atomic E-state index is 0.0650. The summed E-state index contributed by atoms with van der Waals surface area (Å²) < 4.78 is 30.4. The molecule has 0 heterocycles. The molecule has 116 valence electrons. The number of carboxylic acid groups (broad SMARTS) is 1. The van der Waals surface area contributed by atoms with Crippen LogP contribution in [0.25, 0.3) is 0 Å². The topological polar surface area (TPSA) is 101 Å². The number of sulfonamides is 1. The number of carbonyl (C=O) groups excluding carboxylic acids is 1. The van der Waals surface area contributed by atoms with Crippen molar-refractivity contribution in [3.8, 4) is 0 Å². The number of hydrogen-bond acceptors (Lipinski definition) is 5. The van der Waals surface area contributed by atoms with Gasteiger partial charge in [0.25, 0.3) is 0 Å². The Morgan fingerprint density at radius 2 is 1.81 bits per heavy atom. The number of nitrogens with zero attached hydrogens (tertiary/aromatic N) is 1. The SMILES string of the molecule is COCCN(CC(=O)O)S(=O)(=O)c1ccc(C(C)=O)cc1. The van der Waals surface area contributed by atoms with Gasteiger partial charge in [-0.05, 0) is 19.1 Å². The molecular weight excluding hydrogens is 298 g/mol. The smallest absolute Gasteiger partial charge is 0.318 e. The first-order chi connectivity index (χ1) is 9.78. The average molecular weight is 315 g/mol. The van der Waals surface area contributed by atoms with E-state index in [1.54, 1.807) is 0 Å². The summed E-state index contributed by atoms with van der Waals surface area (Å²) in [5.74, 6) is -1.43. The fourth-order valence-corrected chi connectivity index (χ4v) is 3.01. The molecule has 0 aliphatic carbocycles. The van der Waals surface area contributed by atoms with Gasteiger partial charge < -0.3 is 9.84 Å². The monoisotopic (exact) mass is 315 g/mol. The highest BCUT2D eigenvalue weighted by molar-refractivity contribution is 7.89. The molecule has 0 aliphatic heterocycles. The van der Waals surface area contributed by atoms with Crippen LogP contribution in [0.5, 0.6) is 0 Å². The molecule has 8 heteroatoms. The second-order valence-corrected chi connectivity index (χ2v) is 6.24. The summed E-state index contributed by atoms with van der Waals surface area (Å²) in [6.45, 7) is 0.733. The fourth-order valence-electron chi connectivity index (χ4n) is 1.64. The van der Waals surface area contributed by atoms with Gasteiger partial charge in [0.05, 0.1) is 11.5 Å². The number of carboxylic acids is 1. The average Bonchev–Trinajstić information content (AvgIpc) is 2.43. The van der Waals surface area contributed by atoms with Gasteiger partial charge in [-0.25, -0.2) is 8.42 Å². The van der Waals surface area contributed by atoms with Crippen LogP contribution in [0.1, 0.15) is 17.3 Å². The summed E-state index contributed by atoms with van der Waals surface area (Å²) in [5.41, 5.74) is 0.385. The summed E-state index contributed by atoms with van der Waals surface area (Å²) >= 11 is 0. The lowest BCUT2D eigenvalue weighted by Gasteiger charge is -2.20.